The lowest BCUT2D eigenvalue weighted by Crippen LogP contribution is -2.31. The molecule has 4 aromatic rings. The van der Waals surface area contributed by atoms with Gasteiger partial charge in [0.25, 0.3) is 5.91 Å². The average Bonchev–Trinajstić information content (AvgIpc) is 3.21. The van der Waals surface area contributed by atoms with Crippen LogP contribution in [-0.2, 0) is 14.3 Å². The van der Waals surface area contributed by atoms with Gasteiger partial charge in [0, 0.05) is 23.3 Å². The third-order valence-electron chi connectivity index (χ3n) is 5.22. The predicted molar refractivity (Wildman–Crippen MR) is 133 cm³/mol. The van der Waals surface area contributed by atoms with Crippen LogP contribution in [-0.4, -0.2) is 56.4 Å². The molecule has 0 saturated carbocycles. The Morgan fingerprint density at radius 1 is 1.08 bits per heavy atom. The molecule has 0 aliphatic carbocycles. The van der Waals surface area contributed by atoms with E-state index in [0.29, 0.717) is 16.7 Å². The van der Waals surface area contributed by atoms with Crippen molar-refractivity contribution in [1.82, 2.24) is 19.9 Å². The first-order valence-corrected chi connectivity index (χ1v) is 11.4. The molecule has 10 nitrogen and oxygen atoms in total. The fourth-order valence-corrected chi connectivity index (χ4v) is 3.82. The summed E-state index contributed by atoms with van der Waals surface area (Å²) < 4.78 is 11.8. The lowest BCUT2D eigenvalue weighted by atomic mass is 10.0. The number of esters is 1. The topological polar surface area (TPSA) is 133 Å². The molecule has 2 aromatic carbocycles. The Hall–Kier alpha value is -4.47. The van der Waals surface area contributed by atoms with E-state index in [2.05, 4.69) is 15.3 Å². The van der Waals surface area contributed by atoms with Gasteiger partial charge >= 0.3 is 12.1 Å². The lowest BCUT2D eigenvalue weighted by Gasteiger charge is -2.21. The van der Waals surface area contributed by atoms with Crippen molar-refractivity contribution in [2.75, 3.05) is 13.2 Å². The number of nitrogens with zero attached hydrogens (tertiary/aromatic N) is 3. The van der Waals surface area contributed by atoms with Gasteiger partial charge in [0.2, 0.25) is 0 Å². The zero-order chi connectivity index (χ0) is 26.0. The number of hydrogen-bond donors (Lipinski definition) is 2. The van der Waals surface area contributed by atoms with E-state index in [0.717, 1.165) is 5.39 Å². The number of fused-ring (bicyclic) bond motifs is 2. The largest absolute Gasteiger partial charge is 0.506 e. The smallest absolute Gasteiger partial charge is 0.419 e. The van der Waals surface area contributed by atoms with E-state index in [1.54, 1.807) is 52.0 Å². The molecule has 0 saturated heterocycles. The van der Waals surface area contributed by atoms with Crippen molar-refractivity contribution >= 4 is 39.9 Å². The van der Waals surface area contributed by atoms with Crippen LogP contribution in [0.2, 0.25) is 0 Å². The summed E-state index contributed by atoms with van der Waals surface area (Å²) in [6, 6.07) is 10.5. The molecule has 0 bridgehead atoms. The van der Waals surface area contributed by atoms with Gasteiger partial charge in [0.05, 0.1) is 23.3 Å². The Labute approximate surface area is 206 Å². The van der Waals surface area contributed by atoms with Gasteiger partial charge in [0.1, 0.15) is 29.0 Å². The van der Waals surface area contributed by atoms with E-state index in [4.69, 9.17) is 9.47 Å². The number of rotatable bonds is 5. The maximum atomic E-state index is 13.3. The SMILES string of the molecule is CCOC(=O)CNC(=O)c1c(O)c(-c2cc3ccccc3n2C(=O)OC(C)(C)C)cc2nccnc12. The molecule has 186 valence electrons. The molecule has 0 aliphatic rings. The van der Waals surface area contributed by atoms with Gasteiger partial charge in [-0.3, -0.25) is 19.6 Å². The van der Waals surface area contributed by atoms with Crippen LogP contribution in [0.1, 0.15) is 38.1 Å². The summed E-state index contributed by atoms with van der Waals surface area (Å²) in [5.74, 6) is -1.79. The summed E-state index contributed by atoms with van der Waals surface area (Å²) in [5.41, 5.74) is 0.540. The quantitative estimate of drug-likeness (QED) is 0.401. The molecular weight excluding hydrogens is 464 g/mol. The highest BCUT2D eigenvalue weighted by Gasteiger charge is 2.27. The Kier molecular flexibility index (Phi) is 6.61. The molecule has 2 heterocycles. The second kappa shape index (κ2) is 9.65. The minimum atomic E-state index is -0.769. The highest BCUT2D eigenvalue weighted by Crippen LogP contribution is 2.39. The summed E-state index contributed by atoms with van der Waals surface area (Å²) in [5, 5.41) is 14.5. The van der Waals surface area contributed by atoms with Crippen LogP contribution in [0.3, 0.4) is 0 Å². The van der Waals surface area contributed by atoms with Gasteiger partial charge in [-0.1, -0.05) is 18.2 Å². The van der Waals surface area contributed by atoms with Crippen LogP contribution < -0.4 is 5.32 Å². The van der Waals surface area contributed by atoms with Gasteiger partial charge in [-0.15, -0.1) is 0 Å². The average molecular weight is 491 g/mol. The van der Waals surface area contributed by atoms with Gasteiger partial charge in [-0.2, -0.15) is 0 Å². The van der Waals surface area contributed by atoms with Gasteiger partial charge in [-0.25, -0.2) is 9.36 Å². The van der Waals surface area contributed by atoms with Crippen molar-refractivity contribution in [3.63, 3.8) is 0 Å². The number of ether oxygens (including phenoxy) is 2. The van der Waals surface area contributed by atoms with Crippen LogP contribution in [0.4, 0.5) is 4.79 Å². The second-order valence-corrected chi connectivity index (χ2v) is 8.96. The first-order valence-electron chi connectivity index (χ1n) is 11.4. The number of amides is 1. The number of phenols is 1. The van der Waals surface area contributed by atoms with Crippen molar-refractivity contribution < 1.29 is 29.0 Å². The van der Waals surface area contributed by atoms with Crippen LogP contribution in [0.25, 0.3) is 33.2 Å². The fraction of sp³-hybridized carbons (Fsp3) is 0.269. The van der Waals surface area contributed by atoms with E-state index in [9.17, 15) is 19.5 Å². The summed E-state index contributed by atoms with van der Waals surface area (Å²) >= 11 is 0. The molecule has 2 N–H and O–H groups in total. The van der Waals surface area contributed by atoms with E-state index in [1.165, 1.54) is 17.0 Å². The van der Waals surface area contributed by atoms with Crippen LogP contribution in [0, 0.1) is 0 Å². The minimum Gasteiger partial charge on any atom is -0.506 e. The molecule has 1 amide bonds. The van der Waals surface area contributed by atoms with Gasteiger partial charge in [0.15, 0.2) is 0 Å². The van der Waals surface area contributed by atoms with E-state index < -0.39 is 35.9 Å². The van der Waals surface area contributed by atoms with E-state index in [1.807, 2.05) is 12.1 Å². The second-order valence-electron chi connectivity index (χ2n) is 8.96. The number of para-hydroxylation sites is 1. The number of aromatic nitrogens is 3. The number of carbonyl (C=O) groups is 3. The van der Waals surface area contributed by atoms with Crippen molar-refractivity contribution in [1.29, 1.82) is 0 Å². The Morgan fingerprint density at radius 3 is 2.53 bits per heavy atom. The molecule has 0 radical (unpaired) electrons. The highest BCUT2D eigenvalue weighted by atomic mass is 16.6. The van der Waals surface area contributed by atoms with Crippen LogP contribution in [0.5, 0.6) is 5.75 Å². The maximum Gasteiger partial charge on any atom is 0.419 e. The predicted octanol–water partition coefficient (Wildman–Crippen LogP) is 4.03. The Morgan fingerprint density at radius 2 is 1.81 bits per heavy atom. The first kappa shape index (κ1) is 24.6. The zero-order valence-electron chi connectivity index (χ0n) is 20.4. The summed E-state index contributed by atoms with van der Waals surface area (Å²) in [7, 11) is 0. The highest BCUT2D eigenvalue weighted by molar-refractivity contribution is 6.11. The zero-order valence-corrected chi connectivity index (χ0v) is 20.4. The normalized spacial score (nSPS) is 11.4. The molecule has 0 atom stereocenters. The number of aromatic hydroxyl groups is 1. The molecule has 2 aromatic heterocycles. The number of benzene rings is 2. The molecule has 0 aliphatic heterocycles. The number of hydrogen-bond acceptors (Lipinski definition) is 8. The summed E-state index contributed by atoms with van der Waals surface area (Å²) in [4.78, 5) is 46.6. The van der Waals surface area contributed by atoms with Crippen LogP contribution in [0.15, 0.2) is 48.8 Å². The fourth-order valence-electron chi connectivity index (χ4n) is 3.82. The molecule has 0 spiro atoms. The Bertz CT molecular complexity index is 1490. The molecule has 10 heteroatoms. The molecule has 0 unspecified atom stereocenters. The number of phenolic OH excluding ortho intramolecular Hbond substituents is 1. The van der Waals surface area contributed by atoms with Crippen molar-refractivity contribution in [3.8, 4) is 17.0 Å². The lowest BCUT2D eigenvalue weighted by molar-refractivity contribution is -0.141. The Balaban J connectivity index is 1.92. The van der Waals surface area contributed by atoms with Gasteiger partial charge in [-0.05, 0) is 45.9 Å². The molecular formula is C26H26N4O6. The first-order chi connectivity index (χ1) is 17.1. The van der Waals surface area contributed by atoms with E-state index >= 15 is 0 Å². The number of carbonyl (C=O) groups excluding carboxylic acids is 3. The molecule has 0 fully saturated rings. The third-order valence-corrected chi connectivity index (χ3v) is 5.22. The third kappa shape index (κ3) is 4.83. The van der Waals surface area contributed by atoms with Crippen molar-refractivity contribution in [2.45, 2.75) is 33.3 Å². The summed E-state index contributed by atoms with van der Waals surface area (Å²) in [6.07, 6.45) is 2.19. The molecule has 36 heavy (non-hydrogen) atoms. The summed E-state index contributed by atoms with van der Waals surface area (Å²) in [6.45, 7) is 6.69. The van der Waals surface area contributed by atoms with Gasteiger partial charge < -0.3 is 19.9 Å². The standard InChI is InChI=1S/C26H26N4O6/c1-5-35-20(31)14-29-24(33)21-22-17(27-10-11-28-22)13-16(23(21)32)19-12-15-8-6-7-9-18(15)30(19)25(34)36-26(2,3)4/h6-13,32H,5,14H2,1-4H3,(H,29,33). The minimum absolute atomic E-state index is 0.139. The van der Waals surface area contributed by atoms with Crippen LogP contribution >= 0.6 is 0 Å². The van der Waals surface area contributed by atoms with E-state index in [-0.39, 0.29) is 23.3 Å². The van der Waals surface area contributed by atoms with Crippen molar-refractivity contribution in [3.05, 3.63) is 54.4 Å². The maximum absolute atomic E-state index is 13.3. The van der Waals surface area contributed by atoms with Crippen molar-refractivity contribution in [2.24, 2.45) is 0 Å². The number of nitrogens with one attached hydrogen (secondary N) is 1. The monoisotopic (exact) mass is 490 g/mol. The molecule has 4 rings (SSSR count).